The third-order valence-electron chi connectivity index (χ3n) is 4.44. The number of ether oxygens (including phenoxy) is 1. The predicted molar refractivity (Wildman–Crippen MR) is 96.9 cm³/mol. The van der Waals surface area contributed by atoms with Gasteiger partial charge in [-0.15, -0.1) is 0 Å². The molecule has 0 aliphatic carbocycles. The summed E-state index contributed by atoms with van der Waals surface area (Å²) in [6.45, 7) is 2.46. The Labute approximate surface area is 147 Å². The van der Waals surface area contributed by atoms with Crippen LogP contribution < -0.4 is 0 Å². The summed E-state index contributed by atoms with van der Waals surface area (Å²) >= 11 is 0. The summed E-state index contributed by atoms with van der Waals surface area (Å²) in [6.07, 6.45) is 3.51. The van der Waals surface area contributed by atoms with Gasteiger partial charge in [-0.3, -0.25) is 4.79 Å². The molecule has 25 heavy (non-hydrogen) atoms. The fourth-order valence-corrected chi connectivity index (χ4v) is 3.01. The summed E-state index contributed by atoms with van der Waals surface area (Å²) in [6, 6.07) is 19.8. The van der Waals surface area contributed by atoms with E-state index in [4.69, 9.17) is 4.74 Å². The Morgan fingerprint density at radius 1 is 1.08 bits per heavy atom. The molecule has 0 unspecified atom stereocenters. The number of rotatable bonds is 5. The van der Waals surface area contributed by atoms with Gasteiger partial charge in [0.15, 0.2) is 0 Å². The van der Waals surface area contributed by atoms with Crippen LogP contribution in [0.25, 0.3) is 6.08 Å². The Kier molecular flexibility index (Phi) is 5.29. The van der Waals surface area contributed by atoms with Gasteiger partial charge in [-0.25, -0.2) is 9.69 Å². The van der Waals surface area contributed by atoms with Crippen molar-refractivity contribution in [2.24, 2.45) is 5.92 Å². The summed E-state index contributed by atoms with van der Waals surface area (Å²) in [7, 11) is 0. The van der Waals surface area contributed by atoms with E-state index in [1.165, 1.54) is 4.90 Å². The maximum Gasteiger partial charge on any atom is 0.416 e. The summed E-state index contributed by atoms with van der Waals surface area (Å²) in [4.78, 5) is 25.7. The second kappa shape index (κ2) is 7.79. The molecule has 3 rings (SSSR count). The number of benzene rings is 2. The Morgan fingerprint density at radius 3 is 2.32 bits per heavy atom. The lowest BCUT2D eigenvalue weighted by atomic mass is 9.85. The molecule has 0 saturated carbocycles. The van der Waals surface area contributed by atoms with Crippen molar-refractivity contribution in [2.45, 2.75) is 12.8 Å². The fraction of sp³-hybridized carbons (Fsp3) is 0.238. The first-order chi connectivity index (χ1) is 12.2. The molecule has 2 amide bonds. The van der Waals surface area contributed by atoms with Gasteiger partial charge in [-0.05, 0) is 11.1 Å². The van der Waals surface area contributed by atoms with Gasteiger partial charge < -0.3 is 4.74 Å². The molecule has 0 N–H and O–H groups in total. The Hall–Kier alpha value is -2.88. The quantitative estimate of drug-likeness (QED) is 0.826. The normalized spacial score (nSPS) is 16.7. The largest absolute Gasteiger partial charge is 0.447 e. The number of hydrogen-bond donors (Lipinski definition) is 0. The molecule has 4 nitrogen and oxygen atoms in total. The molecule has 0 spiro atoms. The number of carbonyl (C=O) groups is 2. The summed E-state index contributed by atoms with van der Waals surface area (Å²) in [5, 5.41) is 0. The summed E-state index contributed by atoms with van der Waals surface area (Å²) in [5.41, 5.74) is 2.12. The third-order valence-corrected chi connectivity index (χ3v) is 4.44. The highest BCUT2D eigenvalue weighted by atomic mass is 16.6. The molecule has 1 aliphatic rings. The summed E-state index contributed by atoms with van der Waals surface area (Å²) < 4.78 is 4.90. The zero-order chi connectivity index (χ0) is 17.6. The Bertz CT molecular complexity index is 755. The maximum absolute atomic E-state index is 12.8. The Balaban J connectivity index is 1.87. The third kappa shape index (κ3) is 3.97. The lowest BCUT2D eigenvalue weighted by Crippen LogP contribution is -2.37. The van der Waals surface area contributed by atoms with Crippen molar-refractivity contribution in [1.29, 1.82) is 0 Å². The van der Waals surface area contributed by atoms with Crippen molar-refractivity contribution < 1.29 is 14.3 Å². The maximum atomic E-state index is 12.8. The van der Waals surface area contributed by atoms with E-state index >= 15 is 0 Å². The first-order valence-corrected chi connectivity index (χ1v) is 8.43. The minimum Gasteiger partial charge on any atom is -0.447 e. The van der Waals surface area contributed by atoms with Crippen molar-refractivity contribution in [3.05, 3.63) is 77.9 Å². The molecule has 2 aromatic rings. The van der Waals surface area contributed by atoms with E-state index in [9.17, 15) is 9.59 Å². The lowest BCUT2D eigenvalue weighted by Gasteiger charge is -2.23. The van der Waals surface area contributed by atoms with Crippen LogP contribution in [0.4, 0.5) is 4.79 Å². The van der Waals surface area contributed by atoms with E-state index in [1.54, 1.807) is 0 Å². The molecule has 1 fully saturated rings. The topological polar surface area (TPSA) is 46.6 Å². The fourth-order valence-electron chi connectivity index (χ4n) is 3.01. The number of cyclic esters (lactones) is 1. The average molecular weight is 335 g/mol. The zero-order valence-corrected chi connectivity index (χ0v) is 14.2. The molecule has 128 valence electrons. The SMILES string of the molecule is C[C@@H](C(=O)N1CCOC1=O)[C@H](/C=C/c1ccccc1)c1ccccc1. The van der Waals surface area contributed by atoms with E-state index in [-0.39, 0.29) is 24.3 Å². The van der Waals surface area contributed by atoms with Crippen LogP contribution in [0.5, 0.6) is 0 Å². The number of amides is 2. The second-order valence-electron chi connectivity index (χ2n) is 6.10. The van der Waals surface area contributed by atoms with Crippen LogP contribution in [0, 0.1) is 5.92 Å². The van der Waals surface area contributed by atoms with Crippen LogP contribution in [-0.2, 0) is 9.53 Å². The highest BCUT2D eigenvalue weighted by Crippen LogP contribution is 2.29. The van der Waals surface area contributed by atoms with Crippen LogP contribution >= 0.6 is 0 Å². The molecular weight excluding hydrogens is 314 g/mol. The van der Waals surface area contributed by atoms with E-state index in [0.29, 0.717) is 6.54 Å². The van der Waals surface area contributed by atoms with E-state index in [2.05, 4.69) is 0 Å². The number of carbonyl (C=O) groups excluding carboxylic acids is 2. The van der Waals surface area contributed by atoms with Crippen molar-refractivity contribution >= 4 is 18.1 Å². The van der Waals surface area contributed by atoms with Gasteiger partial charge in [0.25, 0.3) is 0 Å². The molecule has 0 aromatic heterocycles. The van der Waals surface area contributed by atoms with Crippen LogP contribution in [0.15, 0.2) is 66.7 Å². The standard InChI is InChI=1S/C21H21NO3/c1-16(20(23)22-14-15-25-21(22)24)19(18-10-6-3-7-11-18)13-12-17-8-4-2-5-9-17/h2-13,16,19H,14-15H2,1H3/b13-12+/t16-,19+/m1/s1. The highest BCUT2D eigenvalue weighted by Gasteiger charge is 2.34. The van der Waals surface area contributed by atoms with Crippen molar-refractivity contribution in [1.82, 2.24) is 4.90 Å². The summed E-state index contributed by atoms with van der Waals surface area (Å²) in [5.74, 6) is -0.690. The molecule has 1 aliphatic heterocycles. The molecular formula is C21H21NO3. The zero-order valence-electron chi connectivity index (χ0n) is 14.2. The highest BCUT2D eigenvalue weighted by molar-refractivity contribution is 5.94. The monoisotopic (exact) mass is 335 g/mol. The number of imide groups is 1. The minimum atomic E-state index is -0.546. The first kappa shape index (κ1) is 17.0. The van der Waals surface area contributed by atoms with Gasteiger partial charge in [0, 0.05) is 11.8 Å². The van der Waals surface area contributed by atoms with Gasteiger partial charge >= 0.3 is 6.09 Å². The number of hydrogen-bond acceptors (Lipinski definition) is 3. The second-order valence-corrected chi connectivity index (χ2v) is 6.10. The molecule has 2 aromatic carbocycles. The van der Waals surface area contributed by atoms with Crippen LogP contribution in [0.2, 0.25) is 0 Å². The van der Waals surface area contributed by atoms with Crippen LogP contribution in [0.3, 0.4) is 0 Å². The average Bonchev–Trinajstić information content (AvgIpc) is 3.09. The molecule has 1 saturated heterocycles. The van der Waals surface area contributed by atoms with Gasteiger partial charge in [0.2, 0.25) is 5.91 Å². The van der Waals surface area contributed by atoms with Crippen molar-refractivity contribution in [3.63, 3.8) is 0 Å². The molecule has 1 heterocycles. The van der Waals surface area contributed by atoms with Gasteiger partial charge in [-0.1, -0.05) is 79.7 Å². The lowest BCUT2D eigenvalue weighted by molar-refractivity contribution is -0.131. The van der Waals surface area contributed by atoms with E-state index in [0.717, 1.165) is 11.1 Å². The van der Waals surface area contributed by atoms with Crippen molar-refractivity contribution in [3.8, 4) is 0 Å². The first-order valence-electron chi connectivity index (χ1n) is 8.43. The minimum absolute atomic E-state index is 0.123. The molecule has 4 heteroatoms. The molecule has 0 radical (unpaired) electrons. The molecule has 2 atom stereocenters. The van der Waals surface area contributed by atoms with E-state index in [1.807, 2.05) is 79.7 Å². The van der Waals surface area contributed by atoms with Crippen molar-refractivity contribution in [2.75, 3.05) is 13.2 Å². The predicted octanol–water partition coefficient (Wildman–Crippen LogP) is 4.10. The van der Waals surface area contributed by atoms with E-state index < -0.39 is 6.09 Å². The van der Waals surface area contributed by atoms with Gasteiger partial charge in [0.05, 0.1) is 6.54 Å². The van der Waals surface area contributed by atoms with Gasteiger partial charge in [-0.2, -0.15) is 0 Å². The number of nitrogens with zero attached hydrogens (tertiary/aromatic N) is 1. The van der Waals surface area contributed by atoms with Crippen LogP contribution in [0.1, 0.15) is 24.0 Å². The smallest absolute Gasteiger partial charge is 0.416 e. The van der Waals surface area contributed by atoms with Gasteiger partial charge in [0.1, 0.15) is 6.61 Å². The molecule has 0 bridgehead atoms. The number of allylic oxidation sites excluding steroid dienone is 1. The van der Waals surface area contributed by atoms with Crippen LogP contribution in [-0.4, -0.2) is 30.1 Å². The Morgan fingerprint density at radius 2 is 1.72 bits per heavy atom.